The summed E-state index contributed by atoms with van der Waals surface area (Å²) in [5.74, 6) is 0. The third-order valence-corrected chi connectivity index (χ3v) is 4.19. The standard InChI is InChI=1S/C11H18N2OS/c1-7-9(11(2,3)12)15-10(13-7)8-5-4-6-14-8/h8H,4-6,12H2,1-3H3. The summed E-state index contributed by atoms with van der Waals surface area (Å²) in [4.78, 5) is 5.75. The quantitative estimate of drug-likeness (QED) is 0.843. The Labute approximate surface area is 94.7 Å². The minimum absolute atomic E-state index is 0.213. The first-order valence-corrected chi connectivity index (χ1v) is 6.18. The Balaban J connectivity index is 2.28. The molecule has 84 valence electrons. The number of nitrogens with zero attached hydrogens (tertiary/aromatic N) is 1. The van der Waals surface area contributed by atoms with Crippen LogP contribution < -0.4 is 5.73 Å². The molecule has 1 aromatic rings. The lowest BCUT2D eigenvalue weighted by molar-refractivity contribution is 0.111. The molecule has 2 N–H and O–H groups in total. The number of aromatic nitrogens is 1. The van der Waals surface area contributed by atoms with Gasteiger partial charge in [-0.05, 0) is 33.6 Å². The average molecular weight is 226 g/mol. The van der Waals surface area contributed by atoms with Crippen molar-refractivity contribution in [2.24, 2.45) is 5.73 Å². The number of hydrogen-bond acceptors (Lipinski definition) is 4. The van der Waals surface area contributed by atoms with Crippen LogP contribution in [0.4, 0.5) is 0 Å². The van der Waals surface area contributed by atoms with E-state index in [9.17, 15) is 0 Å². The number of nitrogens with two attached hydrogens (primary N) is 1. The molecule has 1 saturated heterocycles. The van der Waals surface area contributed by atoms with Crippen molar-refractivity contribution in [2.45, 2.75) is 45.3 Å². The molecule has 15 heavy (non-hydrogen) atoms. The second-order valence-electron chi connectivity index (χ2n) is 4.69. The van der Waals surface area contributed by atoms with Crippen LogP contribution in [-0.2, 0) is 10.3 Å². The molecule has 1 aliphatic rings. The van der Waals surface area contributed by atoms with Crippen LogP contribution in [0.15, 0.2) is 0 Å². The molecule has 0 spiro atoms. The summed E-state index contributed by atoms with van der Waals surface area (Å²) < 4.78 is 5.63. The largest absolute Gasteiger partial charge is 0.371 e. The minimum Gasteiger partial charge on any atom is -0.371 e. The van der Waals surface area contributed by atoms with E-state index in [2.05, 4.69) is 4.98 Å². The van der Waals surface area contributed by atoms with Crippen LogP contribution in [0.5, 0.6) is 0 Å². The van der Waals surface area contributed by atoms with E-state index in [1.807, 2.05) is 20.8 Å². The first-order valence-electron chi connectivity index (χ1n) is 5.37. The third-order valence-electron chi connectivity index (χ3n) is 2.60. The smallest absolute Gasteiger partial charge is 0.122 e. The number of thiazole rings is 1. The predicted octanol–water partition coefficient (Wildman–Crippen LogP) is 2.50. The van der Waals surface area contributed by atoms with E-state index < -0.39 is 0 Å². The van der Waals surface area contributed by atoms with Crippen molar-refractivity contribution < 1.29 is 4.74 Å². The summed E-state index contributed by atoms with van der Waals surface area (Å²) in [6.07, 6.45) is 2.45. The summed E-state index contributed by atoms with van der Waals surface area (Å²) in [6, 6.07) is 0. The van der Waals surface area contributed by atoms with E-state index in [-0.39, 0.29) is 11.6 Å². The summed E-state index contributed by atoms with van der Waals surface area (Å²) >= 11 is 1.70. The van der Waals surface area contributed by atoms with Gasteiger partial charge >= 0.3 is 0 Å². The lowest BCUT2D eigenvalue weighted by atomic mass is 10.0. The van der Waals surface area contributed by atoms with Gasteiger partial charge in [0.1, 0.15) is 11.1 Å². The normalized spacial score (nSPS) is 22.3. The first-order chi connectivity index (χ1) is 6.98. The summed E-state index contributed by atoms with van der Waals surface area (Å²) in [6.45, 7) is 6.93. The molecular weight excluding hydrogens is 208 g/mol. The molecule has 1 aromatic heterocycles. The number of rotatable bonds is 2. The molecule has 4 heteroatoms. The molecule has 3 nitrogen and oxygen atoms in total. The van der Waals surface area contributed by atoms with Gasteiger partial charge in [0.25, 0.3) is 0 Å². The molecule has 1 atom stereocenters. The lowest BCUT2D eigenvalue weighted by Crippen LogP contribution is -2.28. The van der Waals surface area contributed by atoms with Crippen molar-refractivity contribution in [3.8, 4) is 0 Å². The van der Waals surface area contributed by atoms with Gasteiger partial charge in [0, 0.05) is 17.0 Å². The van der Waals surface area contributed by atoms with Gasteiger partial charge in [0.15, 0.2) is 0 Å². The van der Waals surface area contributed by atoms with Gasteiger partial charge in [-0.2, -0.15) is 0 Å². The van der Waals surface area contributed by atoms with Crippen molar-refractivity contribution >= 4 is 11.3 Å². The van der Waals surface area contributed by atoms with Crippen molar-refractivity contribution in [1.82, 2.24) is 4.98 Å². The average Bonchev–Trinajstić information content (AvgIpc) is 2.68. The lowest BCUT2D eigenvalue weighted by Gasteiger charge is -2.16. The molecule has 0 aliphatic carbocycles. The van der Waals surface area contributed by atoms with Crippen molar-refractivity contribution in [3.63, 3.8) is 0 Å². The van der Waals surface area contributed by atoms with E-state index in [4.69, 9.17) is 10.5 Å². The number of ether oxygens (including phenoxy) is 1. The molecule has 1 aliphatic heterocycles. The van der Waals surface area contributed by atoms with Gasteiger partial charge in [-0.1, -0.05) is 0 Å². The van der Waals surface area contributed by atoms with Crippen LogP contribution >= 0.6 is 11.3 Å². The topological polar surface area (TPSA) is 48.1 Å². The molecule has 0 bridgehead atoms. The van der Waals surface area contributed by atoms with Gasteiger partial charge in [-0.15, -0.1) is 11.3 Å². The Bertz CT molecular complexity index is 348. The summed E-state index contributed by atoms with van der Waals surface area (Å²) in [5, 5.41) is 1.10. The Morgan fingerprint density at radius 3 is 2.73 bits per heavy atom. The van der Waals surface area contributed by atoms with Gasteiger partial charge in [-0.3, -0.25) is 0 Å². The van der Waals surface area contributed by atoms with Gasteiger partial charge in [0.2, 0.25) is 0 Å². The van der Waals surface area contributed by atoms with Crippen LogP contribution in [0.25, 0.3) is 0 Å². The number of aryl methyl sites for hydroxylation is 1. The predicted molar refractivity (Wildman–Crippen MR) is 62.0 cm³/mol. The highest BCUT2D eigenvalue weighted by Crippen LogP contribution is 2.35. The highest BCUT2D eigenvalue weighted by molar-refractivity contribution is 7.12. The molecule has 0 aromatic carbocycles. The van der Waals surface area contributed by atoms with E-state index in [1.165, 1.54) is 4.88 Å². The van der Waals surface area contributed by atoms with Crippen LogP contribution in [0.1, 0.15) is 48.4 Å². The van der Waals surface area contributed by atoms with Crippen LogP contribution in [-0.4, -0.2) is 11.6 Å². The SMILES string of the molecule is Cc1nc(C2CCCO2)sc1C(C)(C)N. The van der Waals surface area contributed by atoms with Gasteiger partial charge in [0.05, 0.1) is 5.69 Å². The highest BCUT2D eigenvalue weighted by atomic mass is 32.1. The fraction of sp³-hybridized carbons (Fsp3) is 0.727. The number of hydrogen-bond donors (Lipinski definition) is 1. The zero-order valence-corrected chi connectivity index (χ0v) is 10.4. The second kappa shape index (κ2) is 3.85. The van der Waals surface area contributed by atoms with Crippen molar-refractivity contribution in [3.05, 3.63) is 15.6 Å². The maximum atomic E-state index is 6.10. The summed E-state index contributed by atoms with van der Waals surface area (Å²) in [5.41, 5.74) is 6.86. The van der Waals surface area contributed by atoms with E-state index in [1.54, 1.807) is 11.3 Å². The van der Waals surface area contributed by atoms with Crippen molar-refractivity contribution in [2.75, 3.05) is 6.61 Å². The Morgan fingerprint density at radius 2 is 2.27 bits per heavy atom. The van der Waals surface area contributed by atoms with E-state index >= 15 is 0 Å². The first kappa shape index (κ1) is 11.0. The van der Waals surface area contributed by atoms with Crippen LogP contribution in [0.2, 0.25) is 0 Å². The molecule has 0 amide bonds. The molecule has 2 heterocycles. The second-order valence-corrected chi connectivity index (χ2v) is 5.72. The van der Waals surface area contributed by atoms with Crippen LogP contribution in [0, 0.1) is 6.92 Å². The molecular formula is C11H18N2OS. The Morgan fingerprint density at radius 1 is 1.53 bits per heavy atom. The zero-order chi connectivity index (χ0) is 11.1. The monoisotopic (exact) mass is 226 g/mol. The molecule has 2 rings (SSSR count). The molecule has 1 fully saturated rings. The third kappa shape index (κ3) is 2.22. The fourth-order valence-electron chi connectivity index (χ4n) is 1.93. The highest BCUT2D eigenvalue weighted by Gasteiger charge is 2.26. The summed E-state index contributed by atoms with van der Waals surface area (Å²) in [7, 11) is 0. The van der Waals surface area contributed by atoms with E-state index in [0.717, 1.165) is 30.2 Å². The minimum atomic E-state index is -0.293. The molecule has 0 saturated carbocycles. The van der Waals surface area contributed by atoms with Gasteiger partial charge < -0.3 is 10.5 Å². The Hall–Kier alpha value is -0.450. The Kier molecular flexibility index (Phi) is 2.83. The van der Waals surface area contributed by atoms with Crippen molar-refractivity contribution in [1.29, 1.82) is 0 Å². The van der Waals surface area contributed by atoms with Crippen LogP contribution in [0.3, 0.4) is 0 Å². The van der Waals surface area contributed by atoms with E-state index in [0.29, 0.717) is 0 Å². The molecule has 0 radical (unpaired) electrons. The zero-order valence-electron chi connectivity index (χ0n) is 9.54. The molecule has 1 unspecified atom stereocenters. The maximum absolute atomic E-state index is 6.10. The van der Waals surface area contributed by atoms with Gasteiger partial charge in [-0.25, -0.2) is 4.98 Å². The maximum Gasteiger partial charge on any atom is 0.122 e. The fourth-order valence-corrected chi connectivity index (χ4v) is 3.09.